The average Bonchev–Trinajstić information content (AvgIpc) is 2.26. The molecule has 0 heterocycles. The van der Waals surface area contributed by atoms with Crippen molar-refractivity contribution in [3.63, 3.8) is 0 Å². The Hall–Kier alpha value is -1.05. The predicted octanol–water partition coefficient (Wildman–Crippen LogP) is 3.70. The number of amides is 1. The van der Waals surface area contributed by atoms with Crippen LogP contribution >= 0.6 is 0 Å². The Kier molecular flexibility index (Phi) is 3.63. The highest BCUT2D eigenvalue weighted by atomic mass is 16.1. The SMILES string of the molecule is CC1=C[C@H]2C(C(=O)NC(C)(C)C)=C[C@@H]1C[C@H]2C(C)C. The van der Waals surface area contributed by atoms with Gasteiger partial charge in [-0.1, -0.05) is 31.6 Å². The molecule has 0 aromatic rings. The highest BCUT2D eigenvalue weighted by Crippen LogP contribution is 2.46. The monoisotopic (exact) mass is 261 g/mol. The molecule has 0 fully saturated rings. The quantitative estimate of drug-likeness (QED) is 0.755. The van der Waals surface area contributed by atoms with E-state index >= 15 is 0 Å². The highest BCUT2D eigenvalue weighted by molar-refractivity contribution is 5.95. The standard InChI is InChI=1S/C17H27NO/c1-10(2)13-8-12-9-15(14(13)7-11(12)3)16(19)18-17(4,5)6/h7,9-10,12-14H,8H2,1-6H3,(H,18,19)/t12-,13-,14+/m0/s1. The Morgan fingerprint density at radius 3 is 2.42 bits per heavy atom. The number of fused-ring (bicyclic) bond motifs is 1. The van der Waals surface area contributed by atoms with Crippen LogP contribution in [0.2, 0.25) is 0 Å². The second-order valence-corrected chi connectivity index (χ2v) is 7.51. The first-order chi connectivity index (χ1) is 8.69. The summed E-state index contributed by atoms with van der Waals surface area (Å²) < 4.78 is 0. The van der Waals surface area contributed by atoms with Crippen molar-refractivity contribution in [3.05, 3.63) is 23.3 Å². The zero-order valence-electron chi connectivity index (χ0n) is 13.1. The molecule has 2 nitrogen and oxygen atoms in total. The van der Waals surface area contributed by atoms with Crippen molar-refractivity contribution in [2.24, 2.45) is 23.7 Å². The maximum Gasteiger partial charge on any atom is 0.247 e. The zero-order valence-corrected chi connectivity index (χ0v) is 13.1. The van der Waals surface area contributed by atoms with Gasteiger partial charge in [0.15, 0.2) is 0 Å². The van der Waals surface area contributed by atoms with E-state index in [1.54, 1.807) is 0 Å². The molecule has 3 aliphatic carbocycles. The number of rotatable bonds is 2. The third-order valence-electron chi connectivity index (χ3n) is 4.36. The van der Waals surface area contributed by atoms with Crippen LogP contribution in [0.5, 0.6) is 0 Å². The second-order valence-electron chi connectivity index (χ2n) is 7.51. The molecule has 3 aliphatic rings. The van der Waals surface area contributed by atoms with E-state index in [4.69, 9.17) is 0 Å². The second kappa shape index (κ2) is 4.81. The van der Waals surface area contributed by atoms with Crippen LogP contribution in [0.4, 0.5) is 0 Å². The van der Waals surface area contributed by atoms with Crippen LogP contribution in [-0.4, -0.2) is 11.4 Å². The first-order valence-electron chi connectivity index (χ1n) is 7.41. The van der Waals surface area contributed by atoms with E-state index < -0.39 is 0 Å². The van der Waals surface area contributed by atoms with Crippen molar-refractivity contribution >= 4 is 5.91 Å². The molecule has 0 saturated carbocycles. The topological polar surface area (TPSA) is 29.1 Å². The van der Waals surface area contributed by atoms with Crippen LogP contribution in [0.1, 0.15) is 48.0 Å². The molecular weight excluding hydrogens is 234 g/mol. The minimum atomic E-state index is -0.166. The van der Waals surface area contributed by atoms with Gasteiger partial charge in [0.05, 0.1) is 0 Å². The third-order valence-corrected chi connectivity index (χ3v) is 4.36. The number of hydrogen-bond acceptors (Lipinski definition) is 1. The van der Waals surface area contributed by atoms with Gasteiger partial charge in [-0.25, -0.2) is 0 Å². The lowest BCUT2D eigenvalue weighted by Gasteiger charge is -2.42. The molecule has 1 N–H and O–H groups in total. The number of allylic oxidation sites excluding steroid dienone is 3. The zero-order chi connectivity index (χ0) is 14.4. The maximum absolute atomic E-state index is 12.5. The van der Waals surface area contributed by atoms with Gasteiger partial charge in [-0.05, 0) is 51.9 Å². The Morgan fingerprint density at radius 2 is 1.95 bits per heavy atom. The molecule has 106 valence electrons. The summed E-state index contributed by atoms with van der Waals surface area (Å²) in [6, 6.07) is 0. The molecule has 1 amide bonds. The number of hydrogen-bond donors (Lipinski definition) is 1. The molecule has 2 heteroatoms. The Morgan fingerprint density at radius 1 is 1.32 bits per heavy atom. The summed E-state index contributed by atoms with van der Waals surface area (Å²) in [7, 11) is 0. The van der Waals surface area contributed by atoms with Gasteiger partial charge < -0.3 is 5.32 Å². The van der Waals surface area contributed by atoms with E-state index in [-0.39, 0.29) is 11.4 Å². The normalized spacial score (nSPS) is 30.2. The van der Waals surface area contributed by atoms with Crippen molar-refractivity contribution < 1.29 is 4.79 Å². The maximum atomic E-state index is 12.5. The summed E-state index contributed by atoms with van der Waals surface area (Å²) in [6.07, 6.45) is 5.74. The van der Waals surface area contributed by atoms with Crippen molar-refractivity contribution in [2.45, 2.75) is 53.5 Å². The summed E-state index contributed by atoms with van der Waals surface area (Å²) in [6.45, 7) is 12.8. The molecule has 0 spiro atoms. The number of carbonyl (C=O) groups is 1. The average molecular weight is 261 g/mol. The Balaban J connectivity index is 2.24. The van der Waals surface area contributed by atoms with Crippen LogP contribution in [-0.2, 0) is 4.79 Å². The molecule has 3 atom stereocenters. The minimum Gasteiger partial charge on any atom is -0.348 e. The lowest BCUT2D eigenvalue weighted by Crippen LogP contribution is -2.45. The fourth-order valence-corrected chi connectivity index (χ4v) is 3.33. The van der Waals surface area contributed by atoms with E-state index in [9.17, 15) is 4.79 Å². The van der Waals surface area contributed by atoms with E-state index in [0.717, 1.165) is 5.57 Å². The largest absolute Gasteiger partial charge is 0.348 e. The molecule has 0 radical (unpaired) electrons. The van der Waals surface area contributed by atoms with E-state index in [1.165, 1.54) is 12.0 Å². The lowest BCUT2D eigenvalue weighted by molar-refractivity contribution is -0.119. The van der Waals surface area contributed by atoms with Crippen LogP contribution in [0.3, 0.4) is 0 Å². The molecule has 0 aromatic carbocycles. The molecular formula is C17H27NO. The Labute approximate surface area is 117 Å². The van der Waals surface area contributed by atoms with Gasteiger partial charge >= 0.3 is 0 Å². The first-order valence-corrected chi connectivity index (χ1v) is 7.41. The number of nitrogens with one attached hydrogen (secondary N) is 1. The summed E-state index contributed by atoms with van der Waals surface area (Å²) in [5.41, 5.74) is 2.27. The number of carbonyl (C=O) groups excluding carboxylic acids is 1. The molecule has 2 bridgehead atoms. The van der Waals surface area contributed by atoms with Gasteiger partial charge in [0, 0.05) is 17.0 Å². The van der Waals surface area contributed by atoms with Crippen molar-refractivity contribution in [2.75, 3.05) is 0 Å². The van der Waals surface area contributed by atoms with E-state index in [2.05, 4.69) is 38.2 Å². The van der Waals surface area contributed by atoms with Gasteiger partial charge in [-0.2, -0.15) is 0 Å². The van der Waals surface area contributed by atoms with Gasteiger partial charge in [0.25, 0.3) is 0 Å². The summed E-state index contributed by atoms with van der Waals surface area (Å²) in [4.78, 5) is 12.5. The van der Waals surface area contributed by atoms with Gasteiger partial charge in [0.2, 0.25) is 5.91 Å². The van der Waals surface area contributed by atoms with Gasteiger partial charge in [-0.3, -0.25) is 4.79 Å². The molecule has 3 rings (SSSR count). The molecule has 0 aromatic heterocycles. The fraction of sp³-hybridized carbons (Fsp3) is 0.706. The van der Waals surface area contributed by atoms with Crippen LogP contribution in [0, 0.1) is 23.7 Å². The van der Waals surface area contributed by atoms with Crippen LogP contribution < -0.4 is 5.32 Å². The highest BCUT2D eigenvalue weighted by Gasteiger charge is 2.40. The van der Waals surface area contributed by atoms with E-state index in [1.807, 2.05) is 20.8 Å². The first kappa shape index (κ1) is 14.4. The summed E-state index contributed by atoms with van der Waals surface area (Å²) in [5, 5.41) is 3.11. The molecule has 0 saturated heterocycles. The predicted molar refractivity (Wildman–Crippen MR) is 79.7 cm³/mol. The molecule has 0 aliphatic heterocycles. The summed E-state index contributed by atoms with van der Waals surface area (Å²) in [5.74, 6) is 2.14. The van der Waals surface area contributed by atoms with Crippen molar-refractivity contribution in [1.29, 1.82) is 0 Å². The molecule has 0 unspecified atom stereocenters. The van der Waals surface area contributed by atoms with E-state index in [0.29, 0.717) is 23.7 Å². The summed E-state index contributed by atoms with van der Waals surface area (Å²) >= 11 is 0. The fourth-order valence-electron chi connectivity index (χ4n) is 3.33. The lowest BCUT2D eigenvalue weighted by atomic mass is 9.63. The minimum absolute atomic E-state index is 0.122. The van der Waals surface area contributed by atoms with Gasteiger partial charge in [-0.15, -0.1) is 0 Å². The van der Waals surface area contributed by atoms with Crippen molar-refractivity contribution in [1.82, 2.24) is 5.32 Å². The van der Waals surface area contributed by atoms with Crippen molar-refractivity contribution in [3.8, 4) is 0 Å². The third kappa shape index (κ3) is 2.93. The van der Waals surface area contributed by atoms with Crippen LogP contribution in [0.15, 0.2) is 23.3 Å². The van der Waals surface area contributed by atoms with Crippen LogP contribution in [0.25, 0.3) is 0 Å². The Bertz CT molecular complexity index is 437. The smallest absolute Gasteiger partial charge is 0.247 e. The van der Waals surface area contributed by atoms with Gasteiger partial charge in [0.1, 0.15) is 0 Å². The molecule has 19 heavy (non-hydrogen) atoms.